The quantitative estimate of drug-likeness (QED) is 0.459. The molecule has 2 aromatic rings. The first-order valence-electron chi connectivity index (χ1n) is 9.04. The predicted octanol–water partition coefficient (Wildman–Crippen LogP) is 3.77. The number of amides is 2. The number of nitro groups is 1. The van der Waals surface area contributed by atoms with Crippen LogP contribution in [0.4, 0.5) is 11.4 Å². The van der Waals surface area contributed by atoms with Gasteiger partial charge in [0, 0.05) is 29.6 Å². The highest BCUT2D eigenvalue weighted by Crippen LogP contribution is 2.23. The van der Waals surface area contributed by atoms with Crippen molar-refractivity contribution in [3.63, 3.8) is 0 Å². The lowest BCUT2D eigenvalue weighted by Gasteiger charge is -2.22. The Bertz CT molecular complexity index is 972. The Hall–Kier alpha value is -3.13. The largest absolute Gasteiger partial charge is 0.324 e. The minimum absolute atomic E-state index is 0.00695. The van der Waals surface area contributed by atoms with Crippen molar-refractivity contribution in [3.05, 3.63) is 75.3 Å². The predicted molar refractivity (Wildman–Crippen MR) is 115 cm³/mol. The molecule has 29 heavy (non-hydrogen) atoms. The van der Waals surface area contributed by atoms with Crippen LogP contribution in [0.2, 0.25) is 0 Å². The van der Waals surface area contributed by atoms with Gasteiger partial charge in [0.2, 0.25) is 11.8 Å². The fraction of sp³-hybridized carbons (Fsp3) is 0.238. The van der Waals surface area contributed by atoms with Crippen molar-refractivity contribution >= 4 is 41.0 Å². The fourth-order valence-electron chi connectivity index (χ4n) is 2.89. The Labute approximate surface area is 172 Å². The third kappa shape index (κ3) is 5.03. The van der Waals surface area contributed by atoms with Crippen LogP contribution in [0.15, 0.2) is 48.5 Å². The number of hydrogen-bond acceptors (Lipinski definition) is 5. The van der Waals surface area contributed by atoms with Crippen molar-refractivity contribution in [2.24, 2.45) is 0 Å². The van der Waals surface area contributed by atoms with Crippen LogP contribution in [0.25, 0.3) is 6.08 Å². The van der Waals surface area contributed by atoms with E-state index in [1.165, 1.54) is 34.9 Å². The number of benzene rings is 2. The summed E-state index contributed by atoms with van der Waals surface area (Å²) in [5.74, 6) is 0.492. The zero-order chi connectivity index (χ0) is 21.0. The summed E-state index contributed by atoms with van der Waals surface area (Å²) in [7, 11) is 0. The number of carbonyl (C=O) groups excluding carboxylic acids is 2. The fourth-order valence-corrected chi connectivity index (χ4v) is 4.06. The molecule has 1 unspecified atom stereocenters. The van der Waals surface area contributed by atoms with Crippen molar-refractivity contribution < 1.29 is 14.5 Å². The third-order valence-corrected chi connectivity index (χ3v) is 5.78. The van der Waals surface area contributed by atoms with E-state index in [0.717, 1.165) is 11.1 Å². The van der Waals surface area contributed by atoms with Crippen LogP contribution >= 0.6 is 11.8 Å². The van der Waals surface area contributed by atoms with Crippen LogP contribution in [0, 0.1) is 24.0 Å². The lowest BCUT2D eigenvalue weighted by Crippen LogP contribution is -2.43. The van der Waals surface area contributed by atoms with E-state index in [2.05, 4.69) is 5.32 Å². The van der Waals surface area contributed by atoms with Crippen LogP contribution < -0.4 is 5.32 Å². The van der Waals surface area contributed by atoms with Gasteiger partial charge in [-0.1, -0.05) is 6.07 Å². The smallest absolute Gasteiger partial charge is 0.269 e. The lowest BCUT2D eigenvalue weighted by atomic mass is 10.1. The van der Waals surface area contributed by atoms with Gasteiger partial charge in [-0.2, -0.15) is 0 Å². The molecule has 0 saturated carbocycles. The Balaban J connectivity index is 1.65. The van der Waals surface area contributed by atoms with Gasteiger partial charge < -0.3 is 10.2 Å². The molecular weight excluding hydrogens is 390 g/mol. The van der Waals surface area contributed by atoms with Crippen molar-refractivity contribution in [1.82, 2.24) is 4.90 Å². The molecule has 1 N–H and O–H groups in total. The molecule has 1 atom stereocenters. The number of carbonyl (C=O) groups is 2. The standard InChI is InChI=1S/C21H21N3O4S/c1-14-3-7-17(11-15(14)2)22-21(26)19-12-29-13-23(19)20(25)10-6-16-4-8-18(9-5-16)24(27)28/h3-11,19H,12-13H2,1-2H3,(H,22,26). The number of hydrogen-bond donors (Lipinski definition) is 1. The lowest BCUT2D eigenvalue weighted by molar-refractivity contribution is -0.384. The molecule has 0 aromatic heterocycles. The van der Waals surface area contributed by atoms with Crippen LogP contribution in [0.5, 0.6) is 0 Å². The van der Waals surface area contributed by atoms with Crippen molar-refractivity contribution in [3.8, 4) is 0 Å². The average Bonchev–Trinajstić information content (AvgIpc) is 3.19. The van der Waals surface area contributed by atoms with Crippen molar-refractivity contribution in [2.45, 2.75) is 19.9 Å². The molecule has 2 aromatic carbocycles. The molecule has 8 heteroatoms. The third-order valence-electron chi connectivity index (χ3n) is 4.76. The highest BCUT2D eigenvalue weighted by molar-refractivity contribution is 7.99. The molecule has 3 rings (SSSR count). The normalized spacial score (nSPS) is 16.2. The Morgan fingerprint density at radius 3 is 2.55 bits per heavy atom. The van der Waals surface area contributed by atoms with Gasteiger partial charge in [-0.25, -0.2) is 0 Å². The molecule has 150 valence electrons. The molecule has 1 aliphatic rings. The van der Waals surface area contributed by atoms with Gasteiger partial charge in [-0.05, 0) is 60.9 Å². The molecule has 0 aliphatic carbocycles. The van der Waals surface area contributed by atoms with E-state index in [4.69, 9.17) is 0 Å². The minimum Gasteiger partial charge on any atom is -0.324 e. The van der Waals surface area contributed by atoms with Gasteiger partial charge in [0.15, 0.2) is 0 Å². The highest BCUT2D eigenvalue weighted by atomic mass is 32.2. The van der Waals surface area contributed by atoms with Crippen molar-refractivity contribution in [2.75, 3.05) is 16.9 Å². The first-order valence-corrected chi connectivity index (χ1v) is 10.2. The van der Waals surface area contributed by atoms with Crippen molar-refractivity contribution in [1.29, 1.82) is 0 Å². The van der Waals surface area contributed by atoms with E-state index in [-0.39, 0.29) is 17.5 Å². The van der Waals surface area contributed by atoms with E-state index in [0.29, 0.717) is 22.9 Å². The van der Waals surface area contributed by atoms with Crippen LogP contribution in [0.1, 0.15) is 16.7 Å². The summed E-state index contributed by atoms with van der Waals surface area (Å²) in [6.45, 7) is 3.99. The van der Waals surface area contributed by atoms with Crippen LogP contribution in [-0.2, 0) is 9.59 Å². The SMILES string of the molecule is Cc1ccc(NC(=O)C2CSCN2C(=O)C=Cc2ccc([N+](=O)[O-])cc2)cc1C. The van der Waals surface area contributed by atoms with E-state index < -0.39 is 11.0 Å². The molecule has 0 radical (unpaired) electrons. The average molecular weight is 411 g/mol. The number of non-ortho nitro benzene ring substituents is 1. The Morgan fingerprint density at radius 2 is 1.90 bits per heavy atom. The second-order valence-corrected chi connectivity index (χ2v) is 7.79. The summed E-state index contributed by atoms with van der Waals surface area (Å²) in [4.78, 5) is 37.1. The molecule has 2 amide bonds. The molecule has 0 spiro atoms. The summed E-state index contributed by atoms with van der Waals surface area (Å²) < 4.78 is 0. The van der Waals surface area contributed by atoms with Gasteiger partial charge in [0.25, 0.3) is 5.69 Å². The maximum absolute atomic E-state index is 12.7. The van der Waals surface area contributed by atoms with E-state index >= 15 is 0 Å². The number of rotatable bonds is 5. The number of nitrogens with zero attached hydrogens (tertiary/aromatic N) is 2. The topological polar surface area (TPSA) is 92.6 Å². The summed E-state index contributed by atoms with van der Waals surface area (Å²) >= 11 is 1.53. The van der Waals surface area contributed by atoms with E-state index in [1.807, 2.05) is 32.0 Å². The van der Waals surface area contributed by atoms with Gasteiger partial charge >= 0.3 is 0 Å². The van der Waals surface area contributed by atoms with Gasteiger partial charge in [-0.3, -0.25) is 19.7 Å². The molecule has 7 nitrogen and oxygen atoms in total. The summed E-state index contributed by atoms with van der Waals surface area (Å²) in [5, 5.41) is 13.6. The Kier molecular flexibility index (Phi) is 6.33. The second kappa shape index (κ2) is 8.91. The monoisotopic (exact) mass is 411 g/mol. The zero-order valence-electron chi connectivity index (χ0n) is 16.1. The first-order chi connectivity index (χ1) is 13.8. The van der Waals surface area contributed by atoms with Crippen LogP contribution in [0.3, 0.4) is 0 Å². The number of nitro benzene ring substituents is 1. The summed E-state index contributed by atoms with van der Waals surface area (Å²) in [6, 6.07) is 11.1. The van der Waals surface area contributed by atoms with Gasteiger partial charge in [0.05, 0.1) is 10.8 Å². The first kappa shape index (κ1) is 20.6. The van der Waals surface area contributed by atoms with E-state index in [9.17, 15) is 19.7 Å². The van der Waals surface area contributed by atoms with Crippen LogP contribution in [-0.4, -0.2) is 39.3 Å². The number of nitrogens with one attached hydrogen (secondary N) is 1. The number of thioether (sulfide) groups is 1. The number of anilines is 1. The molecule has 1 aliphatic heterocycles. The van der Waals surface area contributed by atoms with Gasteiger partial charge in [0.1, 0.15) is 6.04 Å². The maximum Gasteiger partial charge on any atom is 0.269 e. The summed E-state index contributed by atoms with van der Waals surface area (Å²) in [6.07, 6.45) is 2.98. The molecule has 1 fully saturated rings. The Morgan fingerprint density at radius 1 is 1.17 bits per heavy atom. The highest BCUT2D eigenvalue weighted by Gasteiger charge is 2.33. The molecule has 0 bridgehead atoms. The molecular formula is C21H21N3O4S. The molecule has 1 heterocycles. The minimum atomic E-state index is -0.546. The van der Waals surface area contributed by atoms with E-state index in [1.54, 1.807) is 18.2 Å². The summed E-state index contributed by atoms with van der Waals surface area (Å²) in [5.41, 5.74) is 3.61. The number of aryl methyl sites for hydroxylation is 2. The maximum atomic E-state index is 12.7. The second-order valence-electron chi connectivity index (χ2n) is 6.79. The van der Waals surface area contributed by atoms with Gasteiger partial charge in [-0.15, -0.1) is 11.8 Å². The zero-order valence-corrected chi connectivity index (χ0v) is 16.9. The molecule has 1 saturated heterocycles.